The van der Waals surface area contributed by atoms with Crippen molar-refractivity contribution in [3.63, 3.8) is 0 Å². The lowest BCUT2D eigenvalue weighted by molar-refractivity contribution is -0.146. The van der Waals surface area contributed by atoms with E-state index in [-0.39, 0.29) is 44.0 Å². The highest BCUT2D eigenvalue weighted by Gasteiger charge is 2.28. The molecule has 0 unspecified atom stereocenters. The number of benzene rings is 1. The Hall–Kier alpha value is -2.45. The van der Waals surface area contributed by atoms with Crippen molar-refractivity contribution in [2.24, 2.45) is 0 Å². The fraction of sp³-hybridized carbons (Fsp3) is 0.667. The van der Waals surface area contributed by atoms with Gasteiger partial charge in [-0.2, -0.15) is 4.31 Å². The van der Waals surface area contributed by atoms with Gasteiger partial charge in [0, 0.05) is 63.1 Å². The second-order valence-electron chi connectivity index (χ2n) is 11.4. The van der Waals surface area contributed by atoms with E-state index in [1.807, 2.05) is 26.8 Å². The van der Waals surface area contributed by atoms with Gasteiger partial charge in [0.05, 0.1) is 19.3 Å². The Bertz CT molecular complexity index is 1180. The van der Waals surface area contributed by atoms with Crippen LogP contribution in [0.15, 0.2) is 18.2 Å². The number of sulfonamides is 1. The highest BCUT2D eigenvalue weighted by atomic mass is 35.5. The Kier molecular flexibility index (Phi) is 12.4. The number of piperazine rings is 1. The topological polar surface area (TPSA) is 123 Å². The minimum atomic E-state index is -3.27. The largest absolute Gasteiger partial charge is 0.444 e. The number of nitrogens with zero attached hydrogens (tertiary/aromatic N) is 5. The highest BCUT2D eigenvalue weighted by Crippen LogP contribution is 2.25. The second kappa shape index (κ2) is 14.6. The monoisotopic (exact) mass is 616 g/mol. The molecule has 232 valence electrons. The van der Waals surface area contributed by atoms with Crippen LogP contribution in [0, 0.1) is 6.92 Å². The van der Waals surface area contributed by atoms with E-state index in [1.165, 1.54) is 15.6 Å². The van der Waals surface area contributed by atoms with Crippen LogP contribution in [0.5, 0.6) is 0 Å². The first-order valence-corrected chi connectivity index (χ1v) is 15.9. The highest BCUT2D eigenvalue weighted by molar-refractivity contribution is 7.88. The molecule has 0 atom stereocenters. The maximum Gasteiger partial charge on any atom is 0.410 e. The van der Waals surface area contributed by atoms with Crippen LogP contribution in [-0.4, -0.2) is 123 Å². The van der Waals surface area contributed by atoms with Crippen molar-refractivity contribution in [2.75, 3.05) is 70.6 Å². The number of aryl methyl sites for hydroxylation is 1. The number of anilines is 1. The van der Waals surface area contributed by atoms with Gasteiger partial charge >= 0.3 is 6.09 Å². The standard InChI is InChI=1S/C27H45ClN6O6S/c1-20(2)33(26(37)40-27(4,5)6)15-16-34(23-17-22(28)10-9-21(23)3)25(36)19-29-18-24(35)30(7)31-11-13-32(14-12-31)41(8,38)39/h9-10,17,20,29H,11-16,18-19H2,1-8H3. The van der Waals surface area contributed by atoms with Crippen LogP contribution in [-0.2, 0) is 24.3 Å². The number of halogens is 1. The number of rotatable bonds is 11. The zero-order valence-corrected chi connectivity index (χ0v) is 27.0. The van der Waals surface area contributed by atoms with Gasteiger partial charge in [-0.15, -0.1) is 0 Å². The maximum absolute atomic E-state index is 13.5. The van der Waals surface area contributed by atoms with E-state index >= 15 is 0 Å². The number of ether oxygens (including phenoxy) is 1. The van der Waals surface area contributed by atoms with Crippen molar-refractivity contribution in [1.29, 1.82) is 0 Å². The molecule has 1 fully saturated rings. The van der Waals surface area contributed by atoms with E-state index in [0.29, 0.717) is 36.9 Å². The molecule has 0 saturated carbocycles. The molecule has 1 saturated heterocycles. The van der Waals surface area contributed by atoms with Gasteiger partial charge in [-0.05, 0) is 59.2 Å². The molecule has 0 radical (unpaired) electrons. The lowest BCUT2D eigenvalue weighted by Crippen LogP contribution is -2.56. The summed E-state index contributed by atoms with van der Waals surface area (Å²) in [7, 11) is -1.65. The number of amides is 3. The third kappa shape index (κ3) is 10.7. The molecule has 1 aliphatic heterocycles. The first kappa shape index (κ1) is 34.7. The second-order valence-corrected chi connectivity index (χ2v) is 13.8. The number of hydrogen-bond donors (Lipinski definition) is 1. The lowest BCUT2D eigenvalue weighted by atomic mass is 10.1. The number of likely N-dealkylation sites (N-methyl/N-ethyl adjacent to an activating group) is 1. The van der Waals surface area contributed by atoms with E-state index in [9.17, 15) is 22.8 Å². The van der Waals surface area contributed by atoms with Crippen molar-refractivity contribution in [2.45, 2.75) is 53.2 Å². The van der Waals surface area contributed by atoms with Crippen molar-refractivity contribution in [3.05, 3.63) is 28.8 Å². The van der Waals surface area contributed by atoms with Crippen molar-refractivity contribution >= 4 is 45.2 Å². The van der Waals surface area contributed by atoms with Crippen LogP contribution in [0.1, 0.15) is 40.2 Å². The van der Waals surface area contributed by atoms with Gasteiger partial charge in [0.2, 0.25) is 15.9 Å². The van der Waals surface area contributed by atoms with Crippen LogP contribution < -0.4 is 10.2 Å². The molecular weight excluding hydrogens is 572 g/mol. The molecule has 1 aromatic rings. The van der Waals surface area contributed by atoms with Gasteiger partial charge in [-0.1, -0.05) is 17.7 Å². The molecular formula is C27H45ClN6O6S. The van der Waals surface area contributed by atoms with Gasteiger partial charge < -0.3 is 14.5 Å². The average molecular weight is 617 g/mol. The minimum absolute atomic E-state index is 0.0904. The third-order valence-electron chi connectivity index (χ3n) is 6.60. The molecule has 1 aromatic carbocycles. The van der Waals surface area contributed by atoms with E-state index < -0.39 is 21.7 Å². The van der Waals surface area contributed by atoms with Gasteiger partial charge in [-0.3, -0.25) is 19.9 Å². The van der Waals surface area contributed by atoms with Gasteiger partial charge in [0.1, 0.15) is 5.60 Å². The molecule has 0 aromatic heterocycles. The van der Waals surface area contributed by atoms with Crippen molar-refractivity contribution < 1.29 is 27.5 Å². The molecule has 0 bridgehead atoms. The Morgan fingerprint density at radius 2 is 1.63 bits per heavy atom. The number of carbonyl (C=O) groups is 3. The molecule has 12 nitrogen and oxygen atoms in total. The van der Waals surface area contributed by atoms with Crippen LogP contribution in [0.25, 0.3) is 0 Å². The fourth-order valence-electron chi connectivity index (χ4n) is 4.29. The van der Waals surface area contributed by atoms with Gasteiger partial charge in [-0.25, -0.2) is 18.2 Å². The van der Waals surface area contributed by atoms with E-state index in [1.54, 1.807) is 54.8 Å². The molecule has 2 rings (SSSR count). The summed E-state index contributed by atoms with van der Waals surface area (Å²) in [6.45, 7) is 12.6. The smallest absolute Gasteiger partial charge is 0.410 e. The predicted molar refractivity (Wildman–Crippen MR) is 160 cm³/mol. The fourth-order valence-corrected chi connectivity index (χ4v) is 5.29. The molecule has 14 heteroatoms. The molecule has 41 heavy (non-hydrogen) atoms. The molecule has 1 heterocycles. The predicted octanol–water partition coefficient (Wildman–Crippen LogP) is 2.17. The van der Waals surface area contributed by atoms with Crippen LogP contribution >= 0.6 is 11.6 Å². The molecule has 3 amide bonds. The summed E-state index contributed by atoms with van der Waals surface area (Å²) < 4.78 is 30.4. The Labute approximate surface area is 249 Å². The summed E-state index contributed by atoms with van der Waals surface area (Å²) in [5, 5.41) is 6.64. The van der Waals surface area contributed by atoms with E-state index in [2.05, 4.69) is 5.32 Å². The summed E-state index contributed by atoms with van der Waals surface area (Å²) in [5.41, 5.74) is 0.790. The minimum Gasteiger partial charge on any atom is -0.444 e. The molecule has 1 N–H and O–H groups in total. The van der Waals surface area contributed by atoms with Crippen LogP contribution in [0.2, 0.25) is 5.02 Å². The van der Waals surface area contributed by atoms with Gasteiger partial charge in [0.25, 0.3) is 5.91 Å². The zero-order chi connectivity index (χ0) is 31.1. The quantitative estimate of drug-likeness (QED) is 0.401. The number of carbonyl (C=O) groups excluding carboxylic acids is 3. The van der Waals surface area contributed by atoms with Crippen molar-refractivity contribution in [1.82, 2.24) is 24.5 Å². The normalized spacial score (nSPS) is 15.1. The Morgan fingerprint density at radius 3 is 2.17 bits per heavy atom. The maximum atomic E-state index is 13.5. The molecule has 0 spiro atoms. The summed E-state index contributed by atoms with van der Waals surface area (Å²) in [4.78, 5) is 42.2. The summed E-state index contributed by atoms with van der Waals surface area (Å²) in [5.74, 6) is -0.549. The number of hydrazine groups is 1. The zero-order valence-electron chi connectivity index (χ0n) is 25.4. The van der Waals surface area contributed by atoms with E-state index in [4.69, 9.17) is 16.3 Å². The summed E-state index contributed by atoms with van der Waals surface area (Å²) >= 11 is 6.26. The van der Waals surface area contributed by atoms with Gasteiger partial charge in [0.15, 0.2) is 0 Å². The Morgan fingerprint density at radius 1 is 1.05 bits per heavy atom. The number of hydrogen-bond acceptors (Lipinski definition) is 8. The third-order valence-corrected chi connectivity index (χ3v) is 8.14. The lowest BCUT2D eigenvalue weighted by Gasteiger charge is -2.38. The van der Waals surface area contributed by atoms with Crippen molar-refractivity contribution in [3.8, 4) is 0 Å². The Balaban J connectivity index is 2.06. The first-order valence-electron chi connectivity index (χ1n) is 13.6. The first-order chi connectivity index (χ1) is 18.9. The SMILES string of the molecule is Cc1ccc(Cl)cc1N(CCN(C(=O)OC(C)(C)C)C(C)C)C(=O)CNCC(=O)N(C)N1CCN(S(C)(=O)=O)CC1. The molecule has 1 aliphatic rings. The van der Waals surface area contributed by atoms with Crippen LogP contribution in [0.4, 0.5) is 10.5 Å². The van der Waals surface area contributed by atoms with E-state index in [0.717, 1.165) is 5.56 Å². The number of nitrogens with one attached hydrogen (secondary N) is 1. The van der Waals surface area contributed by atoms with Crippen LogP contribution in [0.3, 0.4) is 0 Å². The average Bonchev–Trinajstić information content (AvgIpc) is 2.85. The summed E-state index contributed by atoms with van der Waals surface area (Å²) in [6, 6.07) is 5.11. The summed E-state index contributed by atoms with van der Waals surface area (Å²) in [6.07, 6.45) is 0.705. The molecule has 0 aliphatic carbocycles.